The lowest BCUT2D eigenvalue weighted by atomic mass is 10.1. The quantitative estimate of drug-likeness (QED) is 0.322. The van der Waals surface area contributed by atoms with Gasteiger partial charge in [0.15, 0.2) is 0 Å². The van der Waals surface area contributed by atoms with Crippen LogP contribution in [0.3, 0.4) is 0 Å². The Hall–Kier alpha value is -4.25. The second-order valence-corrected chi connectivity index (χ2v) is 10.5. The number of carbonyl (C=O) groups is 2. The van der Waals surface area contributed by atoms with Gasteiger partial charge in [-0.3, -0.25) is 19.6 Å². The third-order valence-electron chi connectivity index (χ3n) is 7.32. The largest absolute Gasteiger partial charge is 0.378 e. The summed E-state index contributed by atoms with van der Waals surface area (Å²) in [6, 6.07) is 19.7. The molecule has 0 saturated carbocycles. The molecule has 3 aromatic carbocycles. The number of rotatable bonds is 6. The molecular weight excluding hydrogens is 568 g/mol. The summed E-state index contributed by atoms with van der Waals surface area (Å²) < 4.78 is 10.9. The van der Waals surface area contributed by atoms with Gasteiger partial charge in [-0.05, 0) is 66.7 Å². The van der Waals surface area contributed by atoms with Crippen molar-refractivity contribution in [2.45, 2.75) is 0 Å². The summed E-state index contributed by atoms with van der Waals surface area (Å²) in [6.07, 6.45) is 0. The van der Waals surface area contributed by atoms with Crippen LogP contribution in [-0.2, 0) is 9.47 Å². The first-order valence-electron chi connectivity index (χ1n) is 14.2. The maximum Gasteiger partial charge on any atom is 0.257 e. The fourth-order valence-corrected chi connectivity index (χ4v) is 5.37. The molecule has 3 aromatic rings. The summed E-state index contributed by atoms with van der Waals surface area (Å²) >= 11 is 6.46. The second kappa shape index (κ2) is 14.3. The highest BCUT2D eigenvalue weighted by atomic mass is 35.5. The normalized spacial score (nSPS) is 16.2. The van der Waals surface area contributed by atoms with E-state index in [9.17, 15) is 9.59 Å². The molecule has 0 aliphatic carbocycles. The van der Waals surface area contributed by atoms with Gasteiger partial charge in [-0.1, -0.05) is 11.6 Å². The molecule has 2 amide bonds. The fourth-order valence-electron chi connectivity index (χ4n) is 5.10. The van der Waals surface area contributed by atoms with E-state index in [0.29, 0.717) is 43.4 Å². The molecule has 2 aliphatic rings. The number of nitrogens with zero attached hydrogens (tertiary/aromatic N) is 4. The molecule has 0 radical (unpaired) electrons. The first kappa shape index (κ1) is 30.2. The summed E-state index contributed by atoms with van der Waals surface area (Å²) in [7, 11) is 3.54. The molecule has 11 heteroatoms. The van der Waals surface area contributed by atoms with Gasteiger partial charge in [0.1, 0.15) is 11.7 Å². The van der Waals surface area contributed by atoms with E-state index >= 15 is 0 Å². The predicted molar refractivity (Wildman–Crippen MR) is 170 cm³/mol. The summed E-state index contributed by atoms with van der Waals surface area (Å²) in [6.45, 7) is 5.85. The molecule has 5 rings (SSSR count). The average molecular weight is 603 g/mol. The zero-order valence-corrected chi connectivity index (χ0v) is 25.1. The third-order valence-corrected chi connectivity index (χ3v) is 7.64. The van der Waals surface area contributed by atoms with Crippen molar-refractivity contribution in [2.75, 3.05) is 77.3 Å². The lowest BCUT2D eigenvalue weighted by Gasteiger charge is -2.29. The van der Waals surface area contributed by atoms with Crippen molar-refractivity contribution in [3.63, 3.8) is 0 Å². The molecule has 0 bridgehead atoms. The van der Waals surface area contributed by atoms with Crippen LogP contribution < -0.4 is 10.6 Å². The number of carbonyl (C=O) groups excluding carboxylic acids is 2. The Morgan fingerprint density at radius 3 is 1.49 bits per heavy atom. The average Bonchev–Trinajstić information content (AvgIpc) is 3.04. The van der Waals surface area contributed by atoms with Crippen molar-refractivity contribution >= 4 is 46.5 Å². The van der Waals surface area contributed by atoms with Crippen molar-refractivity contribution in [3.05, 3.63) is 94.0 Å². The van der Waals surface area contributed by atoms with Crippen molar-refractivity contribution in [1.29, 1.82) is 0 Å². The lowest BCUT2D eigenvalue weighted by molar-refractivity contribution is 0.0682. The number of hydrogen-bond acceptors (Lipinski definition) is 6. The predicted octanol–water partition coefficient (Wildman–Crippen LogP) is 4.26. The van der Waals surface area contributed by atoms with Gasteiger partial charge >= 0.3 is 0 Å². The van der Waals surface area contributed by atoms with Gasteiger partial charge < -0.3 is 29.9 Å². The minimum atomic E-state index is -0.369. The van der Waals surface area contributed by atoms with Crippen molar-refractivity contribution in [3.8, 4) is 0 Å². The number of aliphatic imine (C=N–C) groups is 2. The zero-order valence-electron chi connectivity index (χ0n) is 24.3. The number of anilines is 2. The number of hydrogen-bond donors (Lipinski definition) is 2. The second-order valence-electron chi connectivity index (χ2n) is 10.1. The monoisotopic (exact) mass is 602 g/mol. The molecule has 0 atom stereocenters. The van der Waals surface area contributed by atoms with Crippen LogP contribution >= 0.6 is 11.6 Å². The summed E-state index contributed by atoms with van der Waals surface area (Å²) in [5, 5.41) is 5.95. The number of nitrogens with one attached hydrogen (secondary N) is 2. The smallest absolute Gasteiger partial charge is 0.257 e. The maximum atomic E-state index is 13.0. The molecule has 0 unspecified atom stereocenters. The van der Waals surface area contributed by atoms with E-state index in [1.54, 1.807) is 26.2 Å². The third kappa shape index (κ3) is 7.40. The van der Waals surface area contributed by atoms with E-state index in [0.717, 1.165) is 49.0 Å². The SMILES string of the molecule is CN=C(c1ccc(NC(=O)c2ccc(C(=O)Nc3ccc(C(=NC)N4CCOCC4)cc3)c(Cl)c2)cc1)N1CCOCC1. The Morgan fingerprint density at radius 2 is 1.07 bits per heavy atom. The minimum Gasteiger partial charge on any atom is -0.378 e. The van der Waals surface area contributed by atoms with Gasteiger partial charge in [0.05, 0.1) is 37.0 Å². The standard InChI is InChI=1S/C32H35ClN6O4/c1-34-29(38-13-17-42-18-14-38)22-3-8-25(9-4-22)36-31(40)24-7-12-27(28(33)21-24)32(41)37-26-10-5-23(6-11-26)30(35-2)39-15-19-43-20-16-39/h3-12,21H,13-20H2,1-2H3,(H,36,40)(H,37,41). The Kier molecular flexibility index (Phi) is 10.0. The molecule has 0 spiro atoms. The Labute approximate surface area is 256 Å². The first-order chi connectivity index (χ1) is 21.0. The highest BCUT2D eigenvalue weighted by molar-refractivity contribution is 6.35. The van der Waals surface area contributed by atoms with Crippen molar-refractivity contribution in [2.24, 2.45) is 9.98 Å². The molecule has 43 heavy (non-hydrogen) atoms. The summed E-state index contributed by atoms with van der Waals surface area (Å²) in [5.74, 6) is 1.09. The van der Waals surface area contributed by atoms with Gasteiger partial charge in [0.25, 0.3) is 11.8 Å². The van der Waals surface area contributed by atoms with Crippen LogP contribution in [0.1, 0.15) is 31.8 Å². The molecule has 224 valence electrons. The molecule has 10 nitrogen and oxygen atoms in total. The molecule has 2 fully saturated rings. The highest BCUT2D eigenvalue weighted by Crippen LogP contribution is 2.22. The van der Waals surface area contributed by atoms with Gasteiger partial charge in [0.2, 0.25) is 0 Å². The van der Waals surface area contributed by atoms with E-state index < -0.39 is 0 Å². The summed E-state index contributed by atoms with van der Waals surface area (Å²) in [5.41, 5.74) is 3.79. The van der Waals surface area contributed by atoms with Crippen LogP contribution in [0, 0.1) is 0 Å². The molecule has 2 N–H and O–H groups in total. The Balaban J connectivity index is 1.19. The van der Waals surface area contributed by atoms with Crippen LogP contribution in [-0.4, -0.2) is 100.0 Å². The summed E-state index contributed by atoms with van der Waals surface area (Å²) in [4.78, 5) is 39.2. The number of halogens is 1. The Morgan fingerprint density at radius 1 is 0.651 bits per heavy atom. The van der Waals surface area contributed by atoms with E-state index in [2.05, 4.69) is 30.4 Å². The van der Waals surface area contributed by atoms with Gasteiger partial charge in [0, 0.05) is 68.3 Å². The molecule has 2 aliphatic heterocycles. The lowest BCUT2D eigenvalue weighted by Crippen LogP contribution is -2.41. The molecular formula is C32H35ClN6O4. The topological polar surface area (TPSA) is 108 Å². The molecule has 2 saturated heterocycles. The molecule has 0 aromatic heterocycles. The van der Waals surface area contributed by atoms with Gasteiger partial charge in [-0.15, -0.1) is 0 Å². The first-order valence-corrected chi connectivity index (χ1v) is 14.6. The van der Waals surface area contributed by atoms with Crippen LogP contribution in [0.4, 0.5) is 11.4 Å². The number of amides is 2. The van der Waals surface area contributed by atoms with E-state index in [1.807, 2.05) is 48.5 Å². The van der Waals surface area contributed by atoms with Crippen molar-refractivity contribution in [1.82, 2.24) is 9.80 Å². The fraction of sp³-hybridized carbons (Fsp3) is 0.312. The number of amidine groups is 2. The van der Waals surface area contributed by atoms with Crippen LogP contribution in [0.5, 0.6) is 0 Å². The highest BCUT2D eigenvalue weighted by Gasteiger charge is 2.19. The number of benzene rings is 3. The zero-order chi connectivity index (χ0) is 30.2. The van der Waals surface area contributed by atoms with Crippen LogP contribution in [0.25, 0.3) is 0 Å². The van der Waals surface area contributed by atoms with E-state index in [4.69, 9.17) is 21.1 Å². The Bertz CT molecular complexity index is 1500. The van der Waals surface area contributed by atoms with E-state index in [1.165, 1.54) is 6.07 Å². The van der Waals surface area contributed by atoms with Crippen molar-refractivity contribution < 1.29 is 19.1 Å². The number of morpholine rings is 2. The van der Waals surface area contributed by atoms with Gasteiger partial charge in [-0.2, -0.15) is 0 Å². The van der Waals surface area contributed by atoms with Crippen LogP contribution in [0.2, 0.25) is 5.02 Å². The maximum absolute atomic E-state index is 13.0. The van der Waals surface area contributed by atoms with Crippen LogP contribution in [0.15, 0.2) is 76.7 Å². The van der Waals surface area contributed by atoms with Gasteiger partial charge in [-0.25, -0.2) is 0 Å². The minimum absolute atomic E-state index is 0.180. The number of ether oxygens (including phenoxy) is 2. The van der Waals surface area contributed by atoms with E-state index in [-0.39, 0.29) is 22.4 Å². The molecule has 2 heterocycles.